The zero-order chi connectivity index (χ0) is 21.9. The largest absolute Gasteiger partial charge is 0.451 e. The first-order valence-corrected chi connectivity index (χ1v) is 9.17. The quantitative estimate of drug-likeness (QED) is 0.558. The summed E-state index contributed by atoms with van der Waals surface area (Å²) in [6.45, 7) is 2.18. The molecule has 2 N–H and O–H groups in total. The van der Waals surface area contributed by atoms with Crippen LogP contribution in [0.2, 0.25) is 0 Å². The molecule has 156 valence electrons. The lowest BCUT2D eigenvalue weighted by Gasteiger charge is -2.22. The number of nitrogens with zero attached hydrogens (tertiary/aromatic N) is 1. The van der Waals surface area contributed by atoms with Crippen LogP contribution in [0, 0.1) is 5.82 Å². The van der Waals surface area contributed by atoms with Gasteiger partial charge in [-0.1, -0.05) is 42.5 Å². The third kappa shape index (κ3) is 4.14. The number of anilines is 1. The summed E-state index contributed by atoms with van der Waals surface area (Å²) in [7, 11) is 0. The Labute approximate surface area is 172 Å². The van der Waals surface area contributed by atoms with Crippen molar-refractivity contribution < 1.29 is 28.3 Å². The second-order valence-electron chi connectivity index (χ2n) is 6.91. The number of hydrogen-bond acceptors (Lipinski definition) is 5. The van der Waals surface area contributed by atoms with Gasteiger partial charge in [-0.15, -0.1) is 0 Å². The Morgan fingerprint density at radius 2 is 1.77 bits per heavy atom. The lowest BCUT2D eigenvalue weighted by Crippen LogP contribution is -2.42. The monoisotopic (exact) mass is 413 g/mol. The highest BCUT2D eigenvalue weighted by molar-refractivity contribution is 6.09. The third-order valence-corrected chi connectivity index (χ3v) is 4.72. The summed E-state index contributed by atoms with van der Waals surface area (Å²) < 4.78 is 18.6. The van der Waals surface area contributed by atoms with Crippen LogP contribution in [0.15, 0.2) is 54.6 Å². The van der Waals surface area contributed by atoms with Gasteiger partial charge in [0.25, 0.3) is 11.8 Å². The Morgan fingerprint density at radius 1 is 1.13 bits per heavy atom. The number of rotatable bonds is 6. The second-order valence-corrected chi connectivity index (χ2v) is 6.91. The molecule has 0 unspecified atom stereocenters. The second kappa shape index (κ2) is 8.32. The van der Waals surface area contributed by atoms with Crippen LogP contribution in [0.25, 0.3) is 0 Å². The molecule has 3 rings (SSSR count). The summed E-state index contributed by atoms with van der Waals surface area (Å²) in [4.78, 5) is 50.2. The average Bonchev–Trinajstić information content (AvgIpc) is 2.94. The molecule has 2 aromatic rings. The smallest absolute Gasteiger partial charge is 0.327 e. The molecule has 9 heteroatoms. The number of carbonyl (C=O) groups is 4. The molecular weight excluding hydrogens is 393 g/mol. The maximum absolute atomic E-state index is 13.6. The van der Waals surface area contributed by atoms with Crippen molar-refractivity contribution in [1.82, 2.24) is 10.2 Å². The minimum atomic E-state index is -1.31. The number of para-hydroxylation sites is 1. The molecule has 2 aromatic carbocycles. The first-order chi connectivity index (χ1) is 14.2. The molecule has 0 bridgehead atoms. The molecule has 1 saturated heterocycles. The SMILES string of the molecule is C[C@H](OC(=O)CN1C(=O)N[C@@](C)(c2ccccc2)C1=O)C(=O)Nc1ccccc1F. The Bertz CT molecular complexity index is 997. The van der Waals surface area contributed by atoms with Crippen LogP contribution in [0.4, 0.5) is 14.9 Å². The van der Waals surface area contributed by atoms with Gasteiger partial charge in [0, 0.05) is 0 Å². The van der Waals surface area contributed by atoms with Crippen molar-refractivity contribution in [2.45, 2.75) is 25.5 Å². The molecule has 1 aliphatic heterocycles. The number of amides is 4. The van der Waals surface area contributed by atoms with Gasteiger partial charge in [-0.2, -0.15) is 0 Å². The molecule has 0 aliphatic carbocycles. The van der Waals surface area contributed by atoms with Gasteiger partial charge in [0.1, 0.15) is 17.9 Å². The predicted octanol–water partition coefficient (Wildman–Crippen LogP) is 2.16. The summed E-state index contributed by atoms with van der Waals surface area (Å²) in [6, 6.07) is 13.4. The number of urea groups is 1. The first-order valence-electron chi connectivity index (χ1n) is 9.17. The number of carbonyl (C=O) groups excluding carboxylic acids is 4. The van der Waals surface area contributed by atoms with Crippen molar-refractivity contribution in [3.8, 4) is 0 Å². The van der Waals surface area contributed by atoms with Crippen LogP contribution in [-0.2, 0) is 24.7 Å². The molecule has 4 amide bonds. The first kappa shape index (κ1) is 21.0. The molecular formula is C21H20FN3O5. The zero-order valence-electron chi connectivity index (χ0n) is 16.3. The van der Waals surface area contributed by atoms with Crippen LogP contribution >= 0.6 is 0 Å². The van der Waals surface area contributed by atoms with Gasteiger partial charge < -0.3 is 15.4 Å². The van der Waals surface area contributed by atoms with Crippen molar-refractivity contribution in [3.05, 3.63) is 66.0 Å². The van der Waals surface area contributed by atoms with Crippen LogP contribution in [-0.4, -0.2) is 41.4 Å². The number of imide groups is 1. The molecule has 1 heterocycles. The van der Waals surface area contributed by atoms with Crippen LogP contribution in [0.5, 0.6) is 0 Å². The third-order valence-electron chi connectivity index (χ3n) is 4.72. The summed E-state index contributed by atoms with van der Waals surface area (Å²) in [5.74, 6) is -2.95. The minimum Gasteiger partial charge on any atom is -0.451 e. The van der Waals surface area contributed by atoms with Crippen LogP contribution in [0.3, 0.4) is 0 Å². The Balaban J connectivity index is 1.62. The molecule has 1 aliphatic rings. The summed E-state index contributed by atoms with van der Waals surface area (Å²) in [5.41, 5.74) is -0.804. The Kier molecular flexibility index (Phi) is 5.81. The van der Waals surface area contributed by atoms with Gasteiger partial charge in [-0.3, -0.25) is 19.3 Å². The Morgan fingerprint density at radius 3 is 2.43 bits per heavy atom. The highest BCUT2D eigenvalue weighted by atomic mass is 19.1. The highest BCUT2D eigenvalue weighted by Crippen LogP contribution is 2.28. The van der Waals surface area contributed by atoms with Gasteiger partial charge in [0.2, 0.25) is 0 Å². The van der Waals surface area contributed by atoms with E-state index < -0.39 is 47.8 Å². The number of hydrogen-bond donors (Lipinski definition) is 2. The number of benzene rings is 2. The fraction of sp³-hybridized carbons (Fsp3) is 0.238. The molecule has 0 spiro atoms. The van der Waals surface area contributed by atoms with E-state index >= 15 is 0 Å². The number of nitrogens with one attached hydrogen (secondary N) is 2. The highest BCUT2D eigenvalue weighted by Gasteiger charge is 2.49. The van der Waals surface area contributed by atoms with Gasteiger partial charge in [0.05, 0.1) is 5.69 Å². The van der Waals surface area contributed by atoms with E-state index in [-0.39, 0.29) is 5.69 Å². The molecule has 0 saturated carbocycles. The predicted molar refractivity (Wildman–Crippen MR) is 105 cm³/mol. The molecule has 8 nitrogen and oxygen atoms in total. The van der Waals surface area contributed by atoms with Crippen LogP contribution in [0.1, 0.15) is 19.4 Å². The van der Waals surface area contributed by atoms with E-state index in [0.717, 1.165) is 4.90 Å². The molecule has 1 fully saturated rings. The van der Waals surface area contributed by atoms with Gasteiger partial charge in [0.15, 0.2) is 6.10 Å². The number of ether oxygens (including phenoxy) is 1. The summed E-state index contributed by atoms with van der Waals surface area (Å²) in [5, 5.41) is 4.89. The van der Waals surface area contributed by atoms with E-state index in [4.69, 9.17) is 4.74 Å². The topological polar surface area (TPSA) is 105 Å². The molecule has 30 heavy (non-hydrogen) atoms. The van der Waals surface area contributed by atoms with Gasteiger partial charge in [-0.05, 0) is 31.5 Å². The van der Waals surface area contributed by atoms with E-state index in [2.05, 4.69) is 10.6 Å². The van der Waals surface area contributed by atoms with Crippen molar-refractivity contribution in [3.63, 3.8) is 0 Å². The van der Waals surface area contributed by atoms with E-state index in [9.17, 15) is 23.6 Å². The maximum atomic E-state index is 13.6. The van der Waals surface area contributed by atoms with Crippen molar-refractivity contribution in [1.29, 1.82) is 0 Å². The van der Waals surface area contributed by atoms with E-state index in [0.29, 0.717) is 5.56 Å². The number of halogens is 1. The molecule has 2 atom stereocenters. The fourth-order valence-electron chi connectivity index (χ4n) is 3.02. The number of esters is 1. The molecule has 0 radical (unpaired) electrons. The molecule has 0 aromatic heterocycles. The van der Waals surface area contributed by atoms with E-state index in [1.807, 2.05) is 0 Å². The normalized spacial score (nSPS) is 19.2. The van der Waals surface area contributed by atoms with Crippen LogP contribution < -0.4 is 10.6 Å². The van der Waals surface area contributed by atoms with Gasteiger partial charge >= 0.3 is 12.0 Å². The lowest BCUT2D eigenvalue weighted by molar-refractivity contribution is -0.155. The average molecular weight is 413 g/mol. The minimum absolute atomic E-state index is 0.0573. The summed E-state index contributed by atoms with van der Waals surface area (Å²) in [6.07, 6.45) is -1.27. The van der Waals surface area contributed by atoms with E-state index in [1.54, 1.807) is 37.3 Å². The standard InChI is InChI=1S/C21H20FN3O5/c1-13(18(27)23-16-11-7-6-10-15(16)22)30-17(26)12-25-19(28)21(2,24-20(25)29)14-8-4-3-5-9-14/h3-11,13H,12H2,1-2H3,(H,23,27)(H,24,29)/t13-,21-/m0/s1. The summed E-state index contributed by atoms with van der Waals surface area (Å²) >= 11 is 0. The zero-order valence-corrected chi connectivity index (χ0v) is 16.3. The van der Waals surface area contributed by atoms with Crippen molar-refractivity contribution in [2.24, 2.45) is 0 Å². The van der Waals surface area contributed by atoms with E-state index in [1.165, 1.54) is 31.2 Å². The van der Waals surface area contributed by atoms with Crippen molar-refractivity contribution >= 4 is 29.5 Å². The maximum Gasteiger partial charge on any atom is 0.327 e. The Hall–Kier alpha value is -3.75. The van der Waals surface area contributed by atoms with Gasteiger partial charge in [-0.25, -0.2) is 9.18 Å². The lowest BCUT2D eigenvalue weighted by atomic mass is 9.92. The van der Waals surface area contributed by atoms with Crippen molar-refractivity contribution in [2.75, 3.05) is 11.9 Å². The fourth-order valence-corrected chi connectivity index (χ4v) is 3.02.